The quantitative estimate of drug-likeness (QED) is 0.239. The number of hydrogen-bond acceptors (Lipinski definition) is 6. The molecule has 1 spiro atoms. The zero-order chi connectivity index (χ0) is 30.4. The predicted octanol–water partition coefficient (Wildman–Crippen LogP) is 6.47. The van der Waals surface area contributed by atoms with Crippen molar-refractivity contribution < 1.29 is 23.9 Å². The Hall–Kier alpha value is -5.17. The molecule has 0 saturated carbocycles. The van der Waals surface area contributed by atoms with Crippen LogP contribution in [-0.2, 0) is 10.2 Å². The van der Waals surface area contributed by atoms with E-state index in [1.165, 1.54) is 7.11 Å². The Labute approximate surface area is 256 Å². The minimum absolute atomic E-state index is 0.285. The third-order valence-corrected chi connectivity index (χ3v) is 9.11. The van der Waals surface area contributed by atoms with E-state index in [4.69, 9.17) is 9.47 Å². The molecule has 0 unspecified atom stereocenters. The number of carbonyl (C=O) groups excluding carboxylic acids is 3. The van der Waals surface area contributed by atoms with Crippen molar-refractivity contribution in [2.45, 2.75) is 30.8 Å². The number of Topliss-reactive ketones (excluding diaryl/α,β-unsaturated/α-hetero) is 2. The zero-order valence-electron chi connectivity index (χ0n) is 24.5. The number of anilines is 1. The normalized spacial score (nSPS) is 22.6. The molecule has 1 saturated heterocycles. The minimum Gasteiger partial charge on any atom is -0.496 e. The van der Waals surface area contributed by atoms with Gasteiger partial charge in [0.05, 0.1) is 31.2 Å². The molecule has 3 aliphatic heterocycles. The van der Waals surface area contributed by atoms with Crippen molar-refractivity contribution >= 4 is 29.2 Å². The highest BCUT2D eigenvalue weighted by atomic mass is 16.5. The molecule has 3 aliphatic rings. The van der Waals surface area contributed by atoms with Gasteiger partial charge < -0.3 is 19.7 Å². The van der Waals surface area contributed by atoms with E-state index in [1.54, 1.807) is 48.5 Å². The first-order valence-corrected chi connectivity index (χ1v) is 14.9. The minimum atomic E-state index is -1.39. The van der Waals surface area contributed by atoms with Crippen LogP contribution < -0.4 is 14.8 Å². The highest BCUT2D eigenvalue weighted by Gasteiger charge is 2.70. The lowest BCUT2D eigenvalue weighted by atomic mass is 9.62. The fourth-order valence-corrected chi connectivity index (χ4v) is 7.29. The first-order valence-electron chi connectivity index (χ1n) is 14.9. The highest BCUT2D eigenvalue weighted by molar-refractivity contribution is 6.17. The molecule has 4 aromatic carbocycles. The van der Waals surface area contributed by atoms with E-state index in [-0.39, 0.29) is 17.5 Å². The summed E-state index contributed by atoms with van der Waals surface area (Å²) in [5.74, 6) is -0.859. The summed E-state index contributed by atoms with van der Waals surface area (Å²) in [5.41, 5.74) is 2.56. The van der Waals surface area contributed by atoms with Gasteiger partial charge in [0.15, 0.2) is 11.6 Å². The average molecular weight is 585 g/mol. The number of hydrogen-bond donors (Lipinski definition) is 1. The molecule has 0 bridgehead atoms. The molecule has 7 nitrogen and oxygen atoms in total. The van der Waals surface area contributed by atoms with Gasteiger partial charge in [-0.25, -0.2) is 0 Å². The number of ketones is 2. The summed E-state index contributed by atoms with van der Waals surface area (Å²) in [5, 5.41) is 3.09. The maximum Gasteiger partial charge on any atom is 0.238 e. The van der Waals surface area contributed by atoms with E-state index in [2.05, 4.69) is 5.32 Å². The van der Waals surface area contributed by atoms with Gasteiger partial charge in [0, 0.05) is 17.5 Å². The third kappa shape index (κ3) is 3.99. The number of carbonyl (C=O) groups is 3. The molecule has 1 N–H and O–H groups in total. The van der Waals surface area contributed by atoms with Crippen LogP contribution in [0.5, 0.6) is 11.5 Å². The van der Waals surface area contributed by atoms with Gasteiger partial charge in [-0.2, -0.15) is 0 Å². The molecular formula is C37H32N2O5. The molecule has 7 rings (SSSR count). The van der Waals surface area contributed by atoms with Crippen molar-refractivity contribution in [1.29, 1.82) is 0 Å². The summed E-state index contributed by atoms with van der Waals surface area (Å²) in [4.78, 5) is 46.3. The number of benzene rings is 4. The summed E-state index contributed by atoms with van der Waals surface area (Å²) < 4.78 is 11.4. The van der Waals surface area contributed by atoms with Crippen LogP contribution in [0.25, 0.3) is 6.08 Å². The fraction of sp³-hybridized carbons (Fsp3) is 0.216. The number of nitrogens with zero attached hydrogens (tertiary/aromatic N) is 1. The third-order valence-electron chi connectivity index (χ3n) is 9.11. The van der Waals surface area contributed by atoms with Gasteiger partial charge in [-0.05, 0) is 71.7 Å². The van der Waals surface area contributed by atoms with Gasteiger partial charge in [-0.15, -0.1) is 0 Å². The molecule has 0 radical (unpaired) electrons. The molecule has 4 aromatic rings. The molecule has 44 heavy (non-hydrogen) atoms. The van der Waals surface area contributed by atoms with Crippen molar-refractivity contribution in [1.82, 2.24) is 4.90 Å². The van der Waals surface area contributed by atoms with Crippen LogP contribution in [0.3, 0.4) is 0 Å². The monoisotopic (exact) mass is 584 g/mol. The maximum absolute atomic E-state index is 15.0. The van der Waals surface area contributed by atoms with E-state index in [9.17, 15) is 14.4 Å². The smallest absolute Gasteiger partial charge is 0.238 e. The number of methoxy groups -OCH3 is 1. The van der Waals surface area contributed by atoms with Crippen molar-refractivity contribution in [3.05, 3.63) is 131 Å². The van der Waals surface area contributed by atoms with Gasteiger partial charge in [-0.1, -0.05) is 61.5 Å². The SMILES string of the molecule is CCCOc1ccc(C(=O)[C@@H]2[C@H](C(=O)c3ccccc3OC)N3C=Cc4ccccc4[C@H]3[C@]23C(=O)Nc2ccccc23)cc1. The first-order chi connectivity index (χ1) is 21.5. The molecule has 7 heteroatoms. The molecule has 3 heterocycles. The summed E-state index contributed by atoms with van der Waals surface area (Å²) in [6.45, 7) is 2.59. The Bertz CT molecular complexity index is 1810. The standard InChI is InChI=1S/C37H32N2O5/c1-3-22-44-25-18-16-24(17-19-25)33(40)31-32(34(41)27-12-6-9-15-30(27)43-2)39-21-20-23-10-4-5-11-26(23)35(39)37(31)28-13-7-8-14-29(28)38-36(37)42/h4-21,31-32,35H,3,22H2,1-2H3,(H,38,42)/t31-,32+,35-,37+/m0/s1. The van der Waals surface area contributed by atoms with Crippen LogP contribution in [-0.4, -0.2) is 42.1 Å². The summed E-state index contributed by atoms with van der Waals surface area (Å²) >= 11 is 0. The molecular weight excluding hydrogens is 552 g/mol. The number of para-hydroxylation sites is 2. The van der Waals surface area contributed by atoms with Crippen molar-refractivity contribution in [2.24, 2.45) is 5.92 Å². The van der Waals surface area contributed by atoms with Crippen LogP contribution >= 0.6 is 0 Å². The molecule has 0 aromatic heterocycles. The largest absolute Gasteiger partial charge is 0.496 e. The Balaban J connectivity index is 1.48. The number of fused-ring (bicyclic) bond motifs is 6. The number of nitrogens with one attached hydrogen (secondary N) is 1. The van der Waals surface area contributed by atoms with Gasteiger partial charge in [0.25, 0.3) is 0 Å². The van der Waals surface area contributed by atoms with Crippen LogP contribution in [0, 0.1) is 5.92 Å². The van der Waals surface area contributed by atoms with Crippen molar-refractivity contribution in [3.8, 4) is 11.5 Å². The van der Waals surface area contributed by atoms with Gasteiger partial charge in [0.2, 0.25) is 5.91 Å². The summed E-state index contributed by atoms with van der Waals surface area (Å²) in [7, 11) is 1.52. The number of rotatable bonds is 8. The van der Waals surface area contributed by atoms with E-state index in [0.29, 0.717) is 40.5 Å². The lowest BCUT2D eigenvalue weighted by molar-refractivity contribution is -0.122. The Morgan fingerprint density at radius 1 is 0.886 bits per heavy atom. The van der Waals surface area contributed by atoms with Gasteiger partial charge in [0.1, 0.15) is 23.0 Å². The van der Waals surface area contributed by atoms with Crippen LogP contribution in [0.4, 0.5) is 5.69 Å². The molecule has 1 fully saturated rings. The average Bonchev–Trinajstić information content (AvgIpc) is 3.55. The molecule has 4 atom stereocenters. The fourth-order valence-electron chi connectivity index (χ4n) is 7.29. The molecule has 1 amide bonds. The van der Waals surface area contributed by atoms with Gasteiger partial charge >= 0.3 is 0 Å². The highest BCUT2D eigenvalue weighted by Crippen LogP contribution is 2.62. The van der Waals surface area contributed by atoms with Crippen LogP contribution in [0.1, 0.15) is 56.8 Å². The predicted molar refractivity (Wildman–Crippen MR) is 168 cm³/mol. The number of amides is 1. The van der Waals surface area contributed by atoms with Crippen LogP contribution in [0.15, 0.2) is 103 Å². The second kappa shape index (κ2) is 10.8. The Kier molecular flexibility index (Phi) is 6.81. The van der Waals surface area contributed by atoms with E-state index < -0.39 is 23.4 Å². The Morgan fingerprint density at radius 2 is 1.61 bits per heavy atom. The van der Waals surface area contributed by atoms with Crippen molar-refractivity contribution in [3.63, 3.8) is 0 Å². The summed E-state index contributed by atoms with van der Waals surface area (Å²) in [6.07, 6.45) is 4.68. The molecule has 220 valence electrons. The van der Waals surface area contributed by atoms with E-state index in [1.807, 2.05) is 72.6 Å². The van der Waals surface area contributed by atoms with Crippen molar-refractivity contribution in [2.75, 3.05) is 19.0 Å². The van der Waals surface area contributed by atoms with Crippen LogP contribution in [0.2, 0.25) is 0 Å². The lowest BCUT2D eigenvalue weighted by Gasteiger charge is -2.38. The number of ether oxygens (including phenoxy) is 2. The molecule has 0 aliphatic carbocycles. The zero-order valence-corrected chi connectivity index (χ0v) is 24.5. The van der Waals surface area contributed by atoms with Gasteiger partial charge in [-0.3, -0.25) is 14.4 Å². The second-order valence-corrected chi connectivity index (χ2v) is 11.4. The van der Waals surface area contributed by atoms with E-state index in [0.717, 1.165) is 17.5 Å². The second-order valence-electron chi connectivity index (χ2n) is 11.4. The topological polar surface area (TPSA) is 84.9 Å². The Morgan fingerprint density at radius 3 is 2.41 bits per heavy atom. The lowest BCUT2D eigenvalue weighted by Crippen LogP contribution is -2.49. The summed E-state index contributed by atoms with van der Waals surface area (Å²) in [6, 6.07) is 27.8. The van der Waals surface area contributed by atoms with E-state index >= 15 is 0 Å². The first kappa shape index (κ1) is 27.7. The maximum atomic E-state index is 15.0.